The predicted molar refractivity (Wildman–Crippen MR) is 96.8 cm³/mol. The number of aryl methyl sites for hydroxylation is 1. The second-order valence-electron chi connectivity index (χ2n) is 8.99. The molecule has 4 saturated carbocycles. The molecule has 1 aromatic carbocycles. The fraction of sp³-hybridized carbons (Fsp3) is 0.619. The van der Waals surface area contributed by atoms with Crippen molar-refractivity contribution in [3.05, 3.63) is 35.4 Å². The molecule has 134 valence electrons. The first-order valence-electron chi connectivity index (χ1n) is 9.49. The standard InChI is InChI=1S/C21H28N2O2/c1-13-3-5-17(6-4-13)20-8-15-7-16(9-20)11-21(10-15,12-20)19(25)23-14(2)18(22)24/h3-6,14-16H,7-12H2,1-2H3,(H2,22,24)(H,23,25)/t14-,15+,16+,20?,21?/m0/s1. The molecule has 0 aliphatic heterocycles. The van der Waals surface area contributed by atoms with Gasteiger partial charge in [-0.2, -0.15) is 0 Å². The van der Waals surface area contributed by atoms with Crippen LogP contribution in [0.25, 0.3) is 0 Å². The normalized spacial score (nSPS) is 36.9. The van der Waals surface area contributed by atoms with Gasteiger partial charge in [-0.15, -0.1) is 0 Å². The molecule has 0 spiro atoms. The van der Waals surface area contributed by atoms with Gasteiger partial charge in [0.25, 0.3) is 0 Å². The Hall–Kier alpha value is -1.84. The van der Waals surface area contributed by atoms with Gasteiger partial charge in [0.2, 0.25) is 11.8 Å². The van der Waals surface area contributed by atoms with E-state index in [-0.39, 0.29) is 16.7 Å². The first-order valence-corrected chi connectivity index (χ1v) is 9.49. The zero-order chi connectivity index (χ0) is 17.8. The van der Waals surface area contributed by atoms with Crippen LogP contribution >= 0.6 is 0 Å². The molecule has 0 unspecified atom stereocenters. The summed E-state index contributed by atoms with van der Waals surface area (Å²) < 4.78 is 0. The van der Waals surface area contributed by atoms with Gasteiger partial charge in [0.15, 0.2) is 0 Å². The third-order valence-electron chi connectivity index (χ3n) is 6.98. The van der Waals surface area contributed by atoms with Gasteiger partial charge >= 0.3 is 0 Å². The van der Waals surface area contributed by atoms with Crippen LogP contribution in [0.3, 0.4) is 0 Å². The van der Waals surface area contributed by atoms with Gasteiger partial charge in [0.1, 0.15) is 6.04 Å². The maximum Gasteiger partial charge on any atom is 0.239 e. The van der Waals surface area contributed by atoms with E-state index in [9.17, 15) is 9.59 Å². The van der Waals surface area contributed by atoms with Crippen molar-refractivity contribution in [1.29, 1.82) is 0 Å². The van der Waals surface area contributed by atoms with Gasteiger partial charge in [0, 0.05) is 0 Å². The van der Waals surface area contributed by atoms with E-state index in [0.29, 0.717) is 11.8 Å². The number of carbonyl (C=O) groups is 2. The fourth-order valence-electron chi connectivity index (χ4n) is 6.19. The van der Waals surface area contributed by atoms with Crippen molar-refractivity contribution in [2.45, 2.75) is 63.8 Å². The first kappa shape index (κ1) is 16.6. The molecule has 4 nitrogen and oxygen atoms in total. The number of nitrogens with two attached hydrogens (primary N) is 1. The van der Waals surface area contributed by atoms with Gasteiger partial charge in [-0.1, -0.05) is 29.8 Å². The number of primary amides is 1. The summed E-state index contributed by atoms with van der Waals surface area (Å²) in [5.41, 5.74) is 7.83. The number of hydrogen-bond acceptors (Lipinski definition) is 2. The maximum atomic E-state index is 13.1. The van der Waals surface area contributed by atoms with Gasteiger partial charge in [-0.25, -0.2) is 0 Å². The monoisotopic (exact) mass is 340 g/mol. The van der Waals surface area contributed by atoms with Crippen LogP contribution in [0.1, 0.15) is 56.6 Å². The molecule has 4 fully saturated rings. The molecule has 5 rings (SSSR count). The average molecular weight is 340 g/mol. The van der Waals surface area contributed by atoms with Crippen LogP contribution in [-0.4, -0.2) is 17.9 Å². The molecule has 4 heteroatoms. The van der Waals surface area contributed by atoms with Crippen LogP contribution in [0.4, 0.5) is 0 Å². The van der Waals surface area contributed by atoms with Crippen LogP contribution in [0, 0.1) is 24.2 Å². The predicted octanol–water partition coefficient (Wildman–Crippen LogP) is 2.82. The Morgan fingerprint density at radius 2 is 1.72 bits per heavy atom. The van der Waals surface area contributed by atoms with Crippen molar-refractivity contribution < 1.29 is 9.59 Å². The van der Waals surface area contributed by atoms with Crippen molar-refractivity contribution in [1.82, 2.24) is 5.32 Å². The highest BCUT2D eigenvalue weighted by Gasteiger charge is 2.61. The van der Waals surface area contributed by atoms with E-state index in [1.807, 2.05) is 0 Å². The second kappa shape index (κ2) is 5.58. The number of nitrogens with one attached hydrogen (secondary N) is 1. The Morgan fingerprint density at radius 1 is 1.12 bits per heavy atom. The molecular weight excluding hydrogens is 312 g/mol. The summed E-state index contributed by atoms with van der Waals surface area (Å²) in [4.78, 5) is 24.5. The van der Waals surface area contributed by atoms with Crippen LogP contribution in [0.15, 0.2) is 24.3 Å². The van der Waals surface area contributed by atoms with E-state index in [1.54, 1.807) is 6.92 Å². The largest absolute Gasteiger partial charge is 0.368 e. The summed E-state index contributed by atoms with van der Waals surface area (Å²) in [7, 11) is 0. The quantitative estimate of drug-likeness (QED) is 0.884. The Labute approximate surface area is 149 Å². The number of benzene rings is 1. The van der Waals surface area contributed by atoms with E-state index in [1.165, 1.54) is 30.4 Å². The number of amides is 2. The minimum absolute atomic E-state index is 0.0457. The summed E-state index contributed by atoms with van der Waals surface area (Å²) in [5.74, 6) is 0.824. The highest BCUT2D eigenvalue weighted by atomic mass is 16.2. The lowest BCUT2D eigenvalue weighted by Crippen LogP contribution is -2.60. The molecule has 3 N–H and O–H groups in total. The Balaban J connectivity index is 1.66. The van der Waals surface area contributed by atoms with Crippen molar-refractivity contribution in [2.24, 2.45) is 23.0 Å². The maximum absolute atomic E-state index is 13.1. The van der Waals surface area contributed by atoms with Gasteiger partial charge in [-0.05, 0) is 75.2 Å². The summed E-state index contributed by atoms with van der Waals surface area (Å²) in [6, 6.07) is 8.31. The molecule has 3 atom stereocenters. The van der Waals surface area contributed by atoms with Crippen molar-refractivity contribution in [2.75, 3.05) is 0 Å². The molecule has 25 heavy (non-hydrogen) atoms. The lowest BCUT2D eigenvalue weighted by molar-refractivity contribution is -0.150. The van der Waals surface area contributed by atoms with E-state index in [0.717, 1.165) is 19.3 Å². The topological polar surface area (TPSA) is 72.2 Å². The molecule has 0 radical (unpaired) electrons. The Kier molecular flexibility index (Phi) is 3.71. The number of rotatable bonds is 4. The first-order chi connectivity index (χ1) is 11.8. The number of carbonyl (C=O) groups excluding carboxylic acids is 2. The lowest BCUT2D eigenvalue weighted by atomic mass is 9.42. The highest BCUT2D eigenvalue weighted by molar-refractivity contribution is 5.89. The van der Waals surface area contributed by atoms with E-state index >= 15 is 0 Å². The summed E-state index contributed by atoms with van der Waals surface area (Å²) >= 11 is 0. The minimum atomic E-state index is -0.601. The van der Waals surface area contributed by atoms with E-state index in [2.05, 4.69) is 36.5 Å². The third kappa shape index (κ3) is 2.66. The summed E-state index contributed by atoms with van der Waals surface area (Å²) in [6.07, 6.45) is 6.50. The molecule has 0 saturated heterocycles. The minimum Gasteiger partial charge on any atom is -0.368 e. The highest BCUT2D eigenvalue weighted by Crippen LogP contribution is 2.65. The van der Waals surface area contributed by atoms with E-state index < -0.39 is 11.9 Å². The smallest absolute Gasteiger partial charge is 0.239 e. The summed E-state index contributed by atoms with van der Waals surface area (Å²) in [5, 5.41) is 2.90. The molecule has 2 amide bonds. The second-order valence-corrected chi connectivity index (χ2v) is 8.99. The van der Waals surface area contributed by atoms with Gasteiger partial charge in [-0.3, -0.25) is 9.59 Å². The molecule has 4 aliphatic rings. The van der Waals surface area contributed by atoms with Crippen LogP contribution in [-0.2, 0) is 15.0 Å². The van der Waals surface area contributed by atoms with Gasteiger partial charge < -0.3 is 11.1 Å². The van der Waals surface area contributed by atoms with E-state index in [4.69, 9.17) is 5.73 Å². The van der Waals surface area contributed by atoms with Crippen molar-refractivity contribution in [3.63, 3.8) is 0 Å². The van der Waals surface area contributed by atoms with Crippen molar-refractivity contribution >= 4 is 11.8 Å². The van der Waals surface area contributed by atoms with Crippen LogP contribution in [0.2, 0.25) is 0 Å². The third-order valence-corrected chi connectivity index (χ3v) is 6.98. The lowest BCUT2D eigenvalue weighted by Gasteiger charge is -2.61. The molecule has 4 bridgehead atoms. The molecule has 0 aromatic heterocycles. The molecule has 1 aromatic rings. The SMILES string of the molecule is Cc1ccc(C23C[C@H]4C[C@@H](CC(C(=O)N[C@@H](C)C(N)=O)(C4)C2)C3)cc1. The zero-order valence-electron chi connectivity index (χ0n) is 15.2. The number of hydrogen-bond donors (Lipinski definition) is 2. The molecule has 4 aliphatic carbocycles. The molecular formula is C21H28N2O2. The molecule has 0 heterocycles. The van der Waals surface area contributed by atoms with Crippen LogP contribution in [0.5, 0.6) is 0 Å². The Bertz CT molecular complexity index is 695. The fourth-order valence-corrected chi connectivity index (χ4v) is 6.19. The average Bonchev–Trinajstić information content (AvgIpc) is 2.53. The summed E-state index contributed by atoms with van der Waals surface area (Å²) in [6.45, 7) is 3.79. The Morgan fingerprint density at radius 3 is 2.28 bits per heavy atom. The van der Waals surface area contributed by atoms with Crippen LogP contribution < -0.4 is 11.1 Å². The van der Waals surface area contributed by atoms with Crippen molar-refractivity contribution in [3.8, 4) is 0 Å². The van der Waals surface area contributed by atoms with Gasteiger partial charge in [0.05, 0.1) is 5.41 Å². The zero-order valence-corrected chi connectivity index (χ0v) is 15.2.